The van der Waals surface area contributed by atoms with Gasteiger partial charge in [0.2, 0.25) is 0 Å². The fraction of sp³-hybridized carbons (Fsp3) is 0.455. The fourth-order valence-electron chi connectivity index (χ4n) is 2.36. The number of hydrogen-bond acceptors (Lipinski definition) is 6. The molecule has 29 heavy (non-hydrogen) atoms. The molecule has 2 aromatic carbocycles. The molecule has 0 unspecified atom stereocenters. The van der Waals surface area contributed by atoms with E-state index in [0.29, 0.717) is 62.4 Å². The van der Waals surface area contributed by atoms with Crippen molar-refractivity contribution in [3.05, 3.63) is 48.5 Å². The lowest BCUT2D eigenvalue weighted by Gasteiger charge is -2.09. The average Bonchev–Trinajstić information content (AvgIpc) is 2.75. The highest BCUT2D eigenvalue weighted by molar-refractivity contribution is 6.67. The second kappa shape index (κ2) is 15.0. The van der Waals surface area contributed by atoms with Crippen LogP contribution in [0.1, 0.15) is 0 Å². The van der Waals surface area contributed by atoms with Crippen molar-refractivity contribution in [2.24, 2.45) is 0 Å². The van der Waals surface area contributed by atoms with Crippen molar-refractivity contribution in [3.8, 4) is 11.5 Å². The van der Waals surface area contributed by atoms with Crippen molar-refractivity contribution >= 4 is 19.9 Å². The van der Waals surface area contributed by atoms with E-state index >= 15 is 0 Å². The molecule has 0 heterocycles. The van der Waals surface area contributed by atoms with Gasteiger partial charge >= 0.3 is 0 Å². The molecule has 0 amide bonds. The summed E-state index contributed by atoms with van der Waals surface area (Å²) in [5.74, 6) is 1.70. The molecule has 0 saturated carbocycles. The molecule has 2 radical (unpaired) electrons. The maximum absolute atomic E-state index is 5.68. The third-order valence-electron chi connectivity index (χ3n) is 3.85. The molecule has 0 saturated heterocycles. The third kappa shape index (κ3) is 10.4. The van der Waals surface area contributed by atoms with Crippen molar-refractivity contribution < 1.29 is 28.4 Å². The Bertz CT molecular complexity index is 590. The first-order valence-corrected chi connectivity index (χ1v) is 10.7. The zero-order chi connectivity index (χ0) is 20.6. The Labute approximate surface area is 175 Å². The Balaban J connectivity index is 1.66. The predicted octanol–water partition coefficient (Wildman–Crippen LogP) is 1.43. The highest BCUT2D eigenvalue weighted by Gasteiger charge is 2.01. The summed E-state index contributed by atoms with van der Waals surface area (Å²) in [7, 11) is 3.90. The van der Waals surface area contributed by atoms with Gasteiger partial charge in [-0.2, -0.15) is 0 Å². The average molecular weight is 419 g/mol. The molecular weight excluding hydrogens is 388 g/mol. The van der Waals surface area contributed by atoms with Gasteiger partial charge in [0.05, 0.1) is 39.6 Å². The molecule has 2 rings (SSSR count). The van der Waals surface area contributed by atoms with Gasteiger partial charge in [0.15, 0.2) is 0 Å². The summed E-state index contributed by atoms with van der Waals surface area (Å²) in [6.07, 6.45) is 0. The van der Waals surface area contributed by atoms with Crippen LogP contribution >= 0.6 is 0 Å². The number of hydrogen-bond donors (Lipinski definition) is 0. The minimum Gasteiger partial charge on any atom is -0.491 e. The summed E-state index contributed by atoms with van der Waals surface area (Å²) in [4.78, 5) is 0. The molecule has 0 N–H and O–H groups in total. The Hall–Kier alpha value is -1.90. The summed E-state index contributed by atoms with van der Waals surface area (Å²) in [6.45, 7) is 4.56. The van der Waals surface area contributed by atoms with Crippen molar-refractivity contribution in [1.29, 1.82) is 0 Å². The van der Waals surface area contributed by atoms with Crippen LogP contribution in [-0.4, -0.2) is 76.6 Å². The van der Waals surface area contributed by atoms with Crippen molar-refractivity contribution in [2.45, 2.75) is 0 Å². The largest absolute Gasteiger partial charge is 0.491 e. The van der Waals surface area contributed by atoms with Gasteiger partial charge in [-0.3, -0.25) is 0 Å². The molecule has 0 aliphatic carbocycles. The molecule has 7 heteroatoms. The van der Waals surface area contributed by atoms with Gasteiger partial charge in [0.25, 0.3) is 0 Å². The molecule has 0 fully saturated rings. The van der Waals surface area contributed by atoms with Gasteiger partial charge in [0, 0.05) is 14.2 Å². The van der Waals surface area contributed by atoms with E-state index in [-0.39, 0.29) is 0 Å². The number of benzene rings is 2. The van der Waals surface area contributed by atoms with Gasteiger partial charge in [-0.25, -0.2) is 0 Å². The third-order valence-corrected chi connectivity index (χ3v) is 5.10. The van der Waals surface area contributed by atoms with Crippen LogP contribution < -0.4 is 19.8 Å². The van der Waals surface area contributed by atoms with Gasteiger partial charge in [-0.15, -0.1) is 0 Å². The molecule has 158 valence electrons. The van der Waals surface area contributed by atoms with Crippen LogP contribution in [0, 0.1) is 0 Å². The summed E-state index contributed by atoms with van der Waals surface area (Å²) in [6, 6.07) is 16.4. The van der Waals surface area contributed by atoms with E-state index in [9.17, 15) is 0 Å². The molecule has 0 atom stereocenters. The standard InChI is InChI=1S/C22H30O6Si/c1-23-11-13-25-15-17-27-19-3-7-21(8-4-19)29-22-9-5-20(6-10-22)28-18-16-26-14-12-24-2/h3-10H,11-18H2,1-2H3. The normalized spacial score (nSPS) is 10.8. The first-order valence-electron chi connectivity index (χ1n) is 9.68. The van der Waals surface area contributed by atoms with Crippen LogP contribution in [0.3, 0.4) is 0 Å². The van der Waals surface area contributed by atoms with Crippen LogP contribution in [-0.2, 0) is 18.9 Å². The Morgan fingerprint density at radius 3 is 1.28 bits per heavy atom. The molecule has 0 aromatic heterocycles. The van der Waals surface area contributed by atoms with Crippen molar-refractivity contribution in [1.82, 2.24) is 0 Å². The lowest BCUT2D eigenvalue weighted by atomic mass is 10.3. The van der Waals surface area contributed by atoms with Gasteiger partial charge in [-0.1, -0.05) is 34.6 Å². The zero-order valence-electron chi connectivity index (χ0n) is 17.2. The van der Waals surface area contributed by atoms with E-state index in [2.05, 4.69) is 24.3 Å². The molecule has 6 nitrogen and oxygen atoms in total. The van der Waals surface area contributed by atoms with Crippen LogP contribution in [0.4, 0.5) is 0 Å². The maximum Gasteiger partial charge on any atom is 0.121 e. The molecule has 0 spiro atoms. The Morgan fingerprint density at radius 2 is 0.897 bits per heavy atom. The summed E-state index contributed by atoms with van der Waals surface area (Å²) < 4.78 is 32.0. The van der Waals surface area contributed by atoms with Gasteiger partial charge in [-0.05, 0) is 24.3 Å². The second-order valence-electron chi connectivity index (χ2n) is 6.08. The summed E-state index contributed by atoms with van der Waals surface area (Å²) >= 11 is 0. The minimum atomic E-state index is 0.532. The lowest BCUT2D eigenvalue weighted by Crippen LogP contribution is -2.26. The molecule has 0 aliphatic rings. The minimum absolute atomic E-state index is 0.532. The zero-order valence-corrected chi connectivity index (χ0v) is 18.2. The topological polar surface area (TPSA) is 55.4 Å². The van der Waals surface area contributed by atoms with E-state index in [4.69, 9.17) is 28.4 Å². The molecule has 0 bridgehead atoms. The molecular formula is C22H30O6Si. The number of ether oxygens (including phenoxy) is 6. The van der Waals surface area contributed by atoms with Crippen molar-refractivity contribution in [3.63, 3.8) is 0 Å². The van der Waals surface area contributed by atoms with E-state index < -0.39 is 0 Å². The first kappa shape index (κ1) is 23.4. The lowest BCUT2D eigenvalue weighted by molar-refractivity contribution is 0.0544. The van der Waals surface area contributed by atoms with Crippen LogP contribution in [0.25, 0.3) is 0 Å². The highest BCUT2D eigenvalue weighted by Crippen LogP contribution is 2.08. The summed E-state index contributed by atoms with van der Waals surface area (Å²) in [5, 5.41) is 2.52. The monoisotopic (exact) mass is 418 g/mol. The molecule has 0 aliphatic heterocycles. The van der Waals surface area contributed by atoms with E-state index in [0.717, 1.165) is 11.5 Å². The number of rotatable bonds is 16. The summed E-state index contributed by atoms with van der Waals surface area (Å²) in [5.41, 5.74) is 0. The fourth-order valence-corrected chi connectivity index (χ4v) is 3.36. The maximum atomic E-state index is 5.68. The smallest absolute Gasteiger partial charge is 0.121 e. The SMILES string of the molecule is COCCOCCOc1ccc([Si]c2ccc(OCCOCCOC)cc2)cc1. The Kier molecular flexibility index (Phi) is 12.1. The van der Waals surface area contributed by atoms with Crippen LogP contribution in [0.5, 0.6) is 11.5 Å². The quantitative estimate of drug-likeness (QED) is 0.304. The van der Waals surface area contributed by atoms with Crippen LogP contribution in [0.2, 0.25) is 0 Å². The molecule has 2 aromatic rings. The van der Waals surface area contributed by atoms with E-state index in [1.165, 1.54) is 10.4 Å². The van der Waals surface area contributed by atoms with E-state index in [1.807, 2.05) is 24.3 Å². The first-order chi connectivity index (χ1) is 14.3. The van der Waals surface area contributed by atoms with Crippen molar-refractivity contribution in [2.75, 3.05) is 67.1 Å². The van der Waals surface area contributed by atoms with E-state index in [1.54, 1.807) is 14.2 Å². The Morgan fingerprint density at radius 1 is 0.517 bits per heavy atom. The highest BCUT2D eigenvalue weighted by atomic mass is 28.2. The van der Waals surface area contributed by atoms with Gasteiger partial charge in [0.1, 0.15) is 34.2 Å². The number of methoxy groups -OCH3 is 2. The predicted molar refractivity (Wildman–Crippen MR) is 114 cm³/mol. The van der Waals surface area contributed by atoms with Gasteiger partial charge < -0.3 is 28.4 Å². The second-order valence-corrected chi connectivity index (χ2v) is 7.49. The van der Waals surface area contributed by atoms with Crippen LogP contribution in [0.15, 0.2) is 48.5 Å².